The highest BCUT2D eigenvalue weighted by atomic mass is 16.4. The van der Waals surface area contributed by atoms with Crippen molar-refractivity contribution in [3.63, 3.8) is 0 Å². The average molecular weight is 459 g/mol. The summed E-state index contributed by atoms with van der Waals surface area (Å²) in [6.07, 6.45) is 5.89. The number of nitrogens with two attached hydrogens (primary N) is 1. The number of H-pyrrole nitrogens is 1. The fraction of sp³-hybridized carbons (Fsp3) is 0.450. The second kappa shape index (κ2) is 10.2. The third kappa shape index (κ3) is 6.10. The molecule has 0 aliphatic heterocycles. The van der Waals surface area contributed by atoms with Gasteiger partial charge in [0.1, 0.15) is 6.04 Å². The minimum Gasteiger partial charge on any atom is -0.481 e. The second-order valence-corrected chi connectivity index (χ2v) is 7.92. The van der Waals surface area contributed by atoms with E-state index in [1.165, 1.54) is 13.1 Å². The van der Waals surface area contributed by atoms with Gasteiger partial charge in [-0.1, -0.05) is 19.1 Å². The predicted molar refractivity (Wildman–Crippen MR) is 116 cm³/mol. The van der Waals surface area contributed by atoms with E-state index in [0.29, 0.717) is 25.1 Å². The maximum absolute atomic E-state index is 12.5. The Bertz CT molecular complexity index is 1150. The summed E-state index contributed by atoms with van der Waals surface area (Å²) in [6, 6.07) is -1.33. The molecule has 176 valence electrons. The van der Waals surface area contributed by atoms with Gasteiger partial charge >= 0.3 is 11.9 Å². The number of nitrogens with zero attached hydrogens (tertiary/aromatic N) is 3. The van der Waals surface area contributed by atoms with E-state index in [-0.39, 0.29) is 29.6 Å². The third-order valence-corrected chi connectivity index (χ3v) is 5.36. The van der Waals surface area contributed by atoms with Crippen molar-refractivity contribution in [3.05, 3.63) is 34.4 Å². The van der Waals surface area contributed by atoms with Crippen LogP contribution in [0.15, 0.2) is 23.1 Å². The van der Waals surface area contributed by atoms with Crippen molar-refractivity contribution in [1.82, 2.24) is 30.6 Å². The van der Waals surface area contributed by atoms with Crippen LogP contribution in [0.4, 0.5) is 5.95 Å². The van der Waals surface area contributed by atoms with Gasteiger partial charge in [0.2, 0.25) is 11.9 Å². The normalized spacial score (nSPS) is 19.7. The highest BCUT2D eigenvalue weighted by Gasteiger charge is 2.29. The zero-order chi connectivity index (χ0) is 24.1. The van der Waals surface area contributed by atoms with E-state index in [0.717, 1.165) is 0 Å². The molecule has 0 radical (unpaired) electrons. The zero-order valence-electron chi connectivity index (χ0n) is 17.8. The lowest BCUT2D eigenvalue weighted by molar-refractivity contribution is -0.145. The van der Waals surface area contributed by atoms with E-state index in [2.05, 4.69) is 30.6 Å². The maximum atomic E-state index is 12.5. The number of carbonyl (C=O) groups excluding carboxylic acids is 1. The number of aromatic amines is 1. The average Bonchev–Trinajstić information content (AvgIpc) is 2.77. The Balaban J connectivity index is 1.55. The number of hydrogen-bond acceptors (Lipinski definition) is 9. The lowest BCUT2D eigenvalue weighted by atomic mass is 9.91. The van der Waals surface area contributed by atoms with Crippen molar-refractivity contribution in [3.8, 4) is 0 Å². The van der Waals surface area contributed by atoms with Gasteiger partial charge in [-0.2, -0.15) is 4.98 Å². The predicted octanol–water partition coefficient (Wildman–Crippen LogP) is -0.600. The number of aromatic nitrogens is 4. The Morgan fingerprint density at radius 3 is 2.61 bits per heavy atom. The molecule has 33 heavy (non-hydrogen) atoms. The largest absolute Gasteiger partial charge is 0.481 e. The number of amides is 1. The molecule has 1 aliphatic carbocycles. The highest BCUT2D eigenvalue weighted by molar-refractivity contribution is 5.86. The van der Waals surface area contributed by atoms with Gasteiger partial charge < -0.3 is 26.6 Å². The molecule has 2 heterocycles. The maximum Gasteiger partial charge on any atom is 0.326 e. The standard InChI is InChI=1S/C20H25N7O6/c1-9(18(30)31)6-13(19(32)33)25-16(28)10-2-4-11(5-3-10)22-7-12-8-23-15-14(24-12)17(29)27-20(21)26-15/h2,4,8-11,13,22H,3,5-7H2,1H3,(H,25,28)(H,30,31)(H,32,33)(H3,21,23,26,27,29)/t9?,10?,11?,13-/m0/s1. The topological polar surface area (TPSA) is 213 Å². The first-order valence-corrected chi connectivity index (χ1v) is 10.3. The SMILES string of the molecule is CC(C[C@H](NC(=O)C1C=CC(NCc2cnc3nc(N)[nH]c(=O)c3n2)CC1)C(=O)O)C(=O)O. The van der Waals surface area contributed by atoms with E-state index in [1.54, 1.807) is 6.08 Å². The number of nitrogen functional groups attached to an aromatic ring is 1. The number of nitrogens with one attached hydrogen (secondary N) is 3. The molecule has 0 spiro atoms. The molecule has 3 rings (SSSR count). The van der Waals surface area contributed by atoms with Crippen molar-refractivity contribution in [2.75, 3.05) is 5.73 Å². The van der Waals surface area contributed by atoms with E-state index >= 15 is 0 Å². The molecule has 4 atom stereocenters. The summed E-state index contributed by atoms with van der Waals surface area (Å²) < 4.78 is 0. The van der Waals surface area contributed by atoms with Crippen molar-refractivity contribution < 1.29 is 24.6 Å². The first-order chi connectivity index (χ1) is 15.6. The number of aliphatic carboxylic acids is 2. The molecule has 13 heteroatoms. The molecule has 2 aromatic heterocycles. The van der Waals surface area contributed by atoms with Gasteiger partial charge in [-0.3, -0.25) is 19.4 Å². The monoisotopic (exact) mass is 459 g/mol. The Morgan fingerprint density at radius 2 is 1.97 bits per heavy atom. The molecular weight excluding hydrogens is 434 g/mol. The number of carboxylic acids is 2. The summed E-state index contributed by atoms with van der Waals surface area (Å²) in [6.45, 7) is 1.72. The van der Waals surface area contributed by atoms with Gasteiger partial charge in [-0.15, -0.1) is 0 Å². The summed E-state index contributed by atoms with van der Waals surface area (Å²) in [4.78, 5) is 61.5. The quantitative estimate of drug-likeness (QED) is 0.260. The molecule has 2 aromatic rings. The van der Waals surface area contributed by atoms with Crippen LogP contribution in [0.25, 0.3) is 11.2 Å². The van der Waals surface area contributed by atoms with Crippen LogP contribution in [0.3, 0.4) is 0 Å². The minimum atomic E-state index is -1.27. The highest BCUT2D eigenvalue weighted by Crippen LogP contribution is 2.19. The molecule has 1 amide bonds. The van der Waals surface area contributed by atoms with Crippen LogP contribution in [0.1, 0.15) is 31.9 Å². The molecule has 0 saturated carbocycles. The lowest BCUT2D eigenvalue weighted by Crippen LogP contribution is -2.45. The molecule has 0 aromatic carbocycles. The summed E-state index contributed by atoms with van der Waals surface area (Å²) in [7, 11) is 0. The molecular formula is C20H25N7O6. The molecule has 1 aliphatic rings. The Hall–Kier alpha value is -3.87. The van der Waals surface area contributed by atoms with Gasteiger partial charge in [0.25, 0.3) is 5.56 Å². The van der Waals surface area contributed by atoms with E-state index < -0.39 is 41.3 Å². The number of fused-ring (bicyclic) bond motifs is 1. The van der Waals surface area contributed by atoms with Crippen molar-refractivity contribution in [2.24, 2.45) is 11.8 Å². The van der Waals surface area contributed by atoms with Gasteiger partial charge in [0.15, 0.2) is 11.2 Å². The van der Waals surface area contributed by atoms with Crippen LogP contribution in [0.2, 0.25) is 0 Å². The Morgan fingerprint density at radius 1 is 1.21 bits per heavy atom. The van der Waals surface area contributed by atoms with E-state index in [9.17, 15) is 24.3 Å². The first-order valence-electron chi connectivity index (χ1n) is 10.3. The number of carbonyl (C=O) groups is 3. The van der Waals surface area contributed by atoms with Gasteiger partial charge in [0.05, 0.1) is 23.7 Å². The van der Waals surface area contributed by atoms with Crippen molar-refractivity contribution >= 4 is 35.0 Å². The Labute approximate surface area is 187 Å². The van der Waals surface area contributed by atoms with Crippen LogP contribution >= 0.6 is 0 Å². The molecule has 13 nitrogen and oxygen atoms in total. The molecule has 0 bridgehead atoms. The first kappa shape index (κ1) is 23.8. The smallest absolute Gasteiger partial charge is 0.326 e. The summed E-state index contributed by atoms with van der Waals surface area (Å²) in [5.41, 5.74) is 5.79. The minimum absolute atomic E-state index is 0.0373. The Kier molecular flexibility index (Phi) is 7.33. The van der Waals surface area contributed by atoms with Crippen LogP contribution in [0, 0.1) is 11.8 Å². The van der Waals surface area contributed by atoms with Gasteiger partial charge in [0, 0.05) is 12.6 Å². The number of carboxylic acid groups (broad SMARTS) is 2. The molecule has 7 N–H and O–H groups in total. The summed E-state index contributed by atoms with van der Waals surface area (Å²) in [5, 5.41) is 24.0. The van der Waals surface area contributed by atoms with Crippen LogP contribution in [-0.2, 0) is 20.9 Å². The molecule has 0 saturated heterocycles. The number of rotatable bonds is 9. The lowest BCUT2D eigenvalue weighted by Gasteiger charge is -2.25. The van der Waals surface area contributed by atoms with E-state index in [4.69, 9.17) is 10.8 Å². The van der Waals surface area contributed by atoms with Crippen LogP contribution in [0.5, 0.6) is 0 Å². The van der Waals surface area contributed by atoms with E-state index in [1.807, 2.05) is 6.08 Å². The fourth-order valence-corrected chi connectivity index (χ4v) is 3.45. The van der Waals surface area contributed by atoms with Gasteiger partial charge in [-0.05, 0) is 19.3 Å². The molecule has 3 unspecified atom stereocenters. The zero-order valence-corrected chi connectivity index (χ0v) is 17.8. The van der Waals surface area contributed by atoms with Crippen LogP contribution in [-0.4, -0.2) is 60.1 Å². The van der Waals surface area contributed by atoms with Crippen molar-refractivity contribution in [2.45, 2.75) is 44.8 Å². The number of hydrogen-bond donors (Lipinski definition) is 6. The summed E-state index contributed by atoms with van der Waals surface area (Å²) in [5.74, 6) is -4.30. The van der Waals surface area contributed by atoms with Gasteiger partial charge in [-0.25, -0.2) is 14.8 Å². The number of anilines is 1. The third-order valence-electron chi connectivity index (χ3n) is 5.36. The fourth-order valence-electron chi connectivity index (χ4n) is 3.45. The van der Waals surface area contributed by atoms with Crippen LogP contribution < -0.4 is 21.9 Å². The molecule has 0 fully saturated rings. The van der Waals surface area contributed by atoms with Crippen molar-refractivity contribution in [1.29, 1.82) is 0 Å². The summed E-state index contributed by atoms with van der Waals surface area (Å²) >= 11 is 0. The second-order valence-electron chi connectivity index (χ2n) is 7.92.